The van der Waals surface area contributed by atoms with E-state index in [0.717, 1.165) is 23.6 Å². The first kappa shape index (κ1) is 10.8. The number of rotatable bonds is 3. The molecule has 0 aliphatic carbocycles. The molecule has 1 aliphatic rings. The van der Waals surface area contributed by atoms with Crippen LogP contribution in [0.4, 0.5) is 0 Å². The average Bonchev–Trinajstić information content (AvgIpc) is 2.75. The number of nitrogens with zero attached hydrogens (tertiary/aromatic N) is 2. The molecule has 1 heterocycles. The van der Waals surface area contributed by atoms with E-state index in [0.29, 0.717) is 6.79 Å². The highest BCUT2D eigenvalue weighted by Crippen LogP contribution is 2.32. The molecule has 0 saturated carbocycles. The Hall–Kier alpha value is -1.73. The summed E-state index contributed by atoms with van der Waals surface area (Å²) >= 11 is 0. The van der Waals surface area contributed by atoms with Crippen molar-refractivity contribution in [3.63, 3.8) is 0 Å². The molecule has 0 fully saturated rings. The average molecular weight is 218 g/mol. The summed E-state index contributed by atoms with van der Waals surface area (Å²) in [5.41, 5.74) is 1.12. The highest BCUT2D eigenvalue weighted by molar-refractivity contribution is 5.44. The van der Waals surface area contributed by atoms with Gasteiger partial charge in [0.25, 0.3) is 0 Å². The summed E-state index contributed by atoms with van der Waals surface area (Å²) in [6.45, 7) is 2.90. The van der Waals surface area contributed by atoms with E-state index in [1.54, 1.807) is 0 Å². The van der Waals surface area contributed by atoms with Crippen LogP contribution >= 0.6 is 0 Å². The number of ether oxygens (including phenoxy) is 2. The fourth-order valence-corrected chi connectivity index (χ4v) is 1.56. The van der Waals surface area contributed by atoms with E-state index < -0.39 is 0 Å². The second kappa shape index (κ2) is 4.42. The molecule has 0 aromatic heterocycles. The minimum Gasteiger partial charge on any atom is -0.454 e. The third kappa shape index (κ3) is 2.10. The second-order valence-corrected chi connectivity index (χ2v) is 3.91. The first-order valence-corrected chi connectivity index (χ1v) is 5.19. The number of benzene rings is 1. The van der Waals surface area contributed by atoms with Crippen molar-refractivity contribution in [1.82, 2.24) is 4.90 Å². The summed E-state index contributed by atoms with van der Waals surface area (Å²) in [6.07, 6.45) is 0. The molecule has 4 nitrogen and oxygen atoms in total. The van der Waals surface area contributed by atoms with Crippen molar-refractivity contribution in [2.75, 3.05) is 13.8 Å². The monoisotopic (exact) mass is 218 g/mol. The summed E-state index contributed by atoms with van der Waals surface area (Å²) < 4.78 is 10.5. The van der Waals surface area contributed by atoms with Gasteiger partial charge in [0.05, 0.1) is 12.1 Å². The van der Waals surface area contributed by atoms with Gasteiger partial charge in [0.1, 0.15) is 0 Å². The maximum Gasteiger partial charge on any atom is 0.231 e. The van der Waals surface area contributed by atoms with E-state index in [1.807, 2.05) is 37.1 Å². The lowest BCUT2D eigenvalue weighted by atomic mass is 10.2. The van der Waals surface area contributed by atoms with Crippen LogP contribution in [0.5, 0.6) is 11.5 Å². The Kier molecular flexibility index (Phi) is 2.97. The fourth-order valence-electron chi connectivity index (χ4n) is 1.56. The number of nitriles is 1. The molecule has 84 valence electrons. The van der Waals surface area contributed by atoms with Crippen molar-refractivity contribution >= 4 is 0 Å². The molecule has 0 amide bonds. The summed E-state index contributed by atoms with van der Waals surface area (Å²) in [5.74, 6) is 1.58. The Balaban J connectivity index is 2.08. The minimum atomic E-state index is -0.0922. The molecule has 2 rings (SSSR count). The smallest absolute Gasteiger partial charge is 0.231 e. The zero-order valence-electron chi connectivity index (χ0n) is 9.43. The van der Waals surface area contributed by atoms with E-state index in [-0.39, 0.29) is 6.04 Å². The predicted molar refractivity (Wildman–Crippen MR) is 59.1 cm³/mol. The molecule has 0 radical (unpaired) electrons. The van der Waals surface area contributed by atoms with Gasteiger partial charge in [-0.15, -0.1) is 0 Å². The van der Waals surface area contributed by atoms with Gasteiger partial charge in [0, 0.05) is 6.54 Å². The number of fused-ring (bicyclic) bond motifs is 1. The summed E-state index contributed by atoms with van der Waals surface area (Å²) in [4.78, 5) is 1.98. The molecule has 1 aromatic rings. The Morgan fingerprint density at radius 1 is 1.44 bits per heavy atom. The quantitative estimate of drug-likeness (QED) is 0.775. The van der Waals surface area contributed by atoms with Gasteiger partial charge >= 0.3 is 0 Å². The van der Waals surface area contributed by atoms with Crippen LogP contribution in [0.2, 0.25) is 0 Å². The Morgan fingerprint density at radius 2 is 2.19 bits per heavy atom. The maximum absolute atomic E-state index is 8.80. The van der Waals surface area contributed by atoms with Gasteiger partial charge < -0.3 is 9.47 Å². The van der Waals surface area contributed by atoms with E-state index in [9.17, 15) is 0 Å². The molecule has 0 spiro atoms. The zero-order valence-corrected chi connectivity index (χ0v) is 9.43. The fraction of sp³-hybridized carbons (Fsp3) is 0.417. The first-order valence-electron chi connectivity index (χ1n) is 5.19. The summed E-state index contributed by atoms with van der Waals surface area (Å²) in [7, 11) is 1.93. The Labute approximate surface area is 95.0 Å². The van der Waals surface area contributed by atoms with E-state index in [1.165, 1.54) is 0 Å². The molecule has 0 bridgehead atoms. The molecule has 16 heavy (non-hydrogen) atoms. The molecular formula is C12H14N2O2. The van der Waals surface area contributed by atoms with Crippen LogP contribution in [0.15, 0.2) is 18.2 Å². The first-order chi connectivity index (χ1) is 7.70. The van der Waals surface area contributed by atoms with Gasteiger partial charge in [-0.3, -0.25) is 4.90 Å². The summed E-state index contributed by atoms with van der Waals surface area (Å²) in [5, 5.41) is 8.80. The topological polar surface area (TPSA) is 45.5 Å². The number of hydrogen-bond donors (Lipinski definition) is 0. The predicted octanol–water partition coefficient (Wildman–Crippen LogP) is 1.76. The molecule has 0 N–H and O–H groups in total. The Bertz CT molecular complexity index is 426. The van der Waals surface area contributed by atoms with Crippen LogP contribution in [0.1, 0.15) is 12.5 Å². The standard InChI is InChI=1S/C12H14N2O2/c1-9(6-13)14(2)7-10-3-4-11-12(5-10)16-8-15-11/h3-5,9H,7-8H2,1-2H3. The molecule has 1 aliphatic heterocycles. The second-order valence-electron chi connectivity index (χ2n) is 3.91. The Morgan fingerprint density at radius 3 is 2.94 bits per heavy atom. The van der Waals surface area contributed by atoms with Gasteiger partial charge in [-0.25, -0.2) is 0 Å². The molecule has 1 unspecified atom stereocenters. The van der Waals surface area contributed by atoms with Gasteiger partial charge in [0.2, 0.25) is 6.79 Å². The van der Waals surface area contributed by atoms with Crippen molar-refractivity contribution in [3.05, 3.63) is 23.8 Å². The maximum atomic E-state index is 8.80. The van der Waals surface area contributed by atoms with E-state index in [2.05, 4.69) is 6.07 Å². The molecular weight excluding hydrogens is 204 g/mol. The van der Waals surface area contributed by atoms with Crippen molar-refractivity contribution in [1.29, 1.82) is 5.26 Å². The van der Waals surface area contributed by atoms with Crippen LogP contribution in [0.25, 0.3) is 0 Å². The van der Waals surface area contributed by atoms with E-state index >= 15 is 0 Å². The third-order valence-electron chi connectivity index (χ3n) is 2.72. The lowest BCUT2D eigenvalue weighted by Crippen LogP contribution is -2.26. The van der Waals surface area contributed by atoms with Gasteiger partial charge in [-0.05, 0) is 31.7 Å². The lowest BCUT2D eigenvalue weighted by Gasteiger charge is -2.18. The van der Waals surface area contributed by atoms with Crippen LogP contribution in [0.3, 0.4) is 0 Å². The summed E-state index contributed by atoms with van der Waals surface area (Å²) in [6, 6.07) is 7.98. The van der Waals surface area contributed by atoms with Crippen LogP contribution in [-0.2, 0) is 6.54 Å². The van der Waals surface area contributed by atoms with Crippen LogP contribution < -0.4 is 9.47 Å². The highest BCUT2D eigenvalue weighted by atomic mass is 16.7. The van der Waals surface area contributed by atoms with Gasteiger partial charge in [0.15, 0.2) is 11.5 Å². The van der Waals surface area contributed by atoms with Crippen LogP contribution in [-0.4, -0.2) is 24.8 Å². The van der Waals surface area contributed by atoms with Crippen molar-refractivity contribution < 1.29 is 9.47 Å². The lowest BCUT2D eigenvalue weighted by molar-refractivity contribution is 0.174. The van der Waals surface area contributed by atoms with Crippen molar-refractivity contribution in [2.24, 2.45) is 0 Å². The van der Waals surface area contributed by atoms with Crippen molar-refractivity contribution in [3.8, 4) is 17.6 Å². The largest absolute Gasteiger partial charge is 0.454 e. The van der Waals surface area contributed by atoms with Crippen molar-refractivity contribution in [2.45, 2.75) is 19.5 Å². The van der Waals surface area contributed by atoms with E-state index in [4.69, 9.17) is 14.7 Å². The third-order valence-corrected chi connectivity index (χ3v) is 2.72. The normalized spacial score (nSPS) is 14.9. The highest BCUT2D eigenvalue weighted by Gasteiger charge is 2.14. The van der Waals surface area contributed by atoms with Gasteiger partial charge in [-0.2, -0.15) is 5.26 Å². The SMILES string of the molecule is CC(C#N)N(C)Cc1ccc2c(c1)OCO2. The molecule has 1 aromatic carbocycles. The van der Waals surface area contributed by atoms with Crippen LogP contribution in [0, 0.1) is 11.3 Å². The van der Waals surface area contributed by atoms with Gasteiger partial charge in [-0.1, -0.05) is 6.07 Å². The molecule has 4 heteroatoms. The zero-order chi connectivity index (χ0) is 11.5. The molecule has 1 atom stereocenters. The minimum absolute atomic E-state index is 0.0922. The molecule has 0 saturated heterocycles. The number of hydrogen-bond acceptors (Lipinski definition) is 4.